The summed E-state index contributed by atoms with van der Waals surface area (Å²) in [7, 11) is 0. The van der Waals surface area contributed by atoms with Gasteiger partial charge in [0.05, 0.1) is 24.3 Å². The summed E-state index contributed by atoms with van der Waals surface area (Å²) in [5, 5.41) is 12.9. The molecule has 2 aliphatic rings. The second-order valence-electron chi connectivity index (χ2n) is 9.78. The summed E-state index contributed by atoms with van der Waals surface area (Å²) in [6.07, 6.45) is 5.90. The van der Waals surface area contributed by atoms with Crippen LogP contribution in [0.25, 0.3) is 17.0 Å². The minimum atomic E-state index is -0.584. The fraction of sp³-hybridized carbons (Fsp3) is 0.233. The molecule has 2 aromatic carbocycles. The summed E-state index contributed by atoms with van der Waals surface area (Å²) in [6, 6.07) is 13.3. The van der Waals surface area contributed by atoms with E-state index in [1.807, 2.05) is 24.3 Å². The van der Waals surface area contributed by atoms with Crippen LogP contribution in [0.2, 0.25) is 0 Å². The van der Waals surface area contributed by atoms with Crippen molar-refractivity contribution in [3.8, 4) is 6.07 Å². The average molecular weight is 526 g/mol. The summed E-state index contributed by atoms with van der Waals surface area (Å²) in [4.78, 5) is 19.3. The lowest BCUT2D eigenvalue weighted by molar-refractivity contribution is 0.134. The van der Waals surface area contributed by atoms with Crippen molar-refractivity contribution in [2.45, 2.75) is 32.7 Å². The number of nitrogens with zero attached hydrogens (tertiary/aromatic N) is 4. The fourth-order valence-electron chi connectivity index (χ4n) is 5.34. The lowest BCUT2D eigenvalue weighted by Crippen LogP contribution is -2.34. The van der Waals surface area contributed by atoms with Crippen LogP contribution in [0.1, 0.15) is 39.1 Å². The van der Waals surface area contributed by atoms with Gasteiger partial charge in [-0.3, -0.25) is 9.47 Å². The van der Waals surface area contributed by atoms with Crippen LogP contribution in [-0.4, -0.2) is 33.6 Å². The third-order valence-electron chi connectivity index (χ3n) is 7.29. The van der Waals surface area contributed by atoms with Crippen molar-refractivity contribution in [3.63, 3.8) is 0 Å². The Morgan fingerprint density at radius 3 is 2.79 bits per heavy atom. The lowest BCUT2D eigenvalue weighted by Gasteiger charge is -2.27. The highest BCUT2D eigenvalue weighted by atomic mass is 19.1. The number of hydrogen-bond donors (Lipinski definition) is 1. The predicted molar refractivity (Wildman–Crippen MR) is 141 cm³/mol. The first kappa shape index (κ1) is 24.9. The molecule has 1 N–H and O–H groups in total. The van der Waals surface area contributed by atoms with Gasteiger partial charge in [-0.15, -0.1) is 0 Å². The number of benzene rings is 2. The molecular formula is C30H25F2N5O2. The van der Waals surface area contributed by atoms with Crippen LogP contribution in [0.5, 0.6) is 0 Å². The van der Waals surface area contributed by atoms with Gasteiger partial charge in [-0.05, 0) is 64.2 Å². The molecule has 0 spiro atoms. The summed E-state index contributed by atoms with van der Waals surface area (Å²) in [5.41, 5.74) is 6.50. The first-order chi connectivity index (χ1) is 19.0. The molecule has 9 heteroatoms. The molecule has 0 saturated heterocycles. The van der Waals surface area contributed by atoms with Gasteiger partial charge in [-0.1, -0.05) is 18.2 Å². The number of halogens is 2. The van der Waals surface area contributed by atoms with Gasteiger partial charge in [0.15, 0.2) is 0 Å². The van der Waals surface area contributed by atoms with E-state index in [0.717, 1.165) is 39.8 Å². The number of aromatic nitrogens is 2. The number of fused-ring (bicyclic) bond motifs is 4. The first-order valence-electron chi connectivity index (χ1n) is 12.7. The zero-order chi connectivity index (χ0) is 26.9. The van der Waals surface area contributed by atoms with Gasteiger partial charge >= 0.3 is 6.03 Å². The molecule has 2 aromatic heterocycles. The van der Waals surface area contributed by atoms with Crippen molar-refractivity contribution < 1.29 is 18.3 Å². The first-order valence-corrected chi connectivity index (χ1v) is 12.7. The number of carbonyl (C=O) groups excluding carboxylic acids is 1. The second-order valence-corrected chi connectivity index (χ2v) is 9.78. The standard InChI is InChI=1S/C30H25F2N5O2/c31-26-10-19(3-4-21(26)14-33)2-1-8-36-9-6-27-25(16-36)24-12-22-17-39-18-23(22)13-28(24)37(27)30(38)35-15-20-5-7-34-29(32)11-20/h1-5,7,10-13H,6,8-9,15-18H2,(H,35,38)/b2-1+. The molecule has 4 aromatic rings. The molecule has 0 saturated carbocycles. The number of nitriles is 1. The van der Waals surface area contributed by atoms with Crippen molar-refractivity contribution >= 4 is 23.0 Å². The van der Waals surface area contributed by atoms with Gasteiger partial charge in [0.2, 0.25) is 5.95 Å². The number of rotatable bonds is 5. The van der Waals surface area contributed by atoms with E-state index in [-0.39, 0.29) is 18.1 Å². The van der Waals surface area contributed by atoms with E-state index >= 15 is 0 Å². The van der Waals surface area contributed by atoms with Gasteiger partial charge in [0, 0.05) is 49.9 Å². The topological polar surface area (TPSA) is 83.2 Å². The molecular weight excluding hydrogens is 500 g/mol. The van der Waals surface area contributed by atoms with Crippen LogP contribution in [-0.2, 0) is 37.5 Å². The van der Waals surface area contributed by atoms with Crippen molar-refractivity contribution in [2.24, 2.45) is 0 Å². The molecule has 0 atom stereocenters. The van der Waals surface area contributed by atoms with Crippen molar-refractivity contribution in [1.82, 2.24) is 19.8 Å². The molecule has 2 aliphatic heterocycles. The molecule has 1 amide bonds. The van der Waals surface area contributed by atoms with E-state index in [1.165, 1.54) is 24.4 Å². The van der Waals surface area contributed by atoms with E-state index in [0.29, 0.717) is 43.9 Å². The maximum absolute atomic E-state index is 13.9. The third kappa shape index (κ3) is 4.92. The number of ether oxygens (including phenoxy) is 1. The third-order valence-corrected chi connectivity index (χ3v) is 7.29. The molecule has 39 heavy (non-hydrogen) atoms. The molecule has 0 aliphatic carbocycles. The molecule has 196 valence electrons. The number of carbonyl (C=O) groups is 1. The number of amides is 1. The molecule has 0 radical (unpaired) electrons. The molecule has 0 fully saturated rings. The van der Waals surface area contributed by atoms with Gasteiger partial charge in [-0.2, -0.15) is 9.65 Å². The van der Waals surface area contributed by atoms with Crippen molar-refractivity contribution in [3.05, 3.63) is 106 Å². The summed E-state index contributed by atoms with van der Waals surface area (Å²) in [5.74, 6) is -1.11. The largest absolute Gasteiger partial charge is 0.372 e. The fourth-order valence-corrected chi connectivity index (χ4v) is 5.34. The molecule has 4 heterocycles. The maximum atomic E-state index is 13.9. The van der Waals surface area contributed by atoms with E-state index in [2.05, 4.69) is 21.3 Å². The summed E-state index contributed by atoms with van der Waals surface area (Å²) < 4.78 is 34.9. The van der Waals surface area contributed by atoms with Crippen LogP contribution >= 0.6 is 0 Å². The Labute approximate surface area is 223 Å². The molecule has 6 rings (SSSR count). The van der Waals surface area contributed by atoms with Crippen molar-refractivity contribution in [2.75, 3.05) is 13.1 Å². The SMILES string of the molecule is N#Cc1ccc(/C=C/CN2CCc3c(c4cc5c(cc4n3C(=O)NCc3ccnc(F)c3)COC5)C2)cc1F. The second kappa shape index (κ2) is 10.4. The van der Waals surface area contributed by atoms with E-state index in [4.69, 9.17) is 10.00 Å². The Balaban J connectivity index is 1.26. The highest BCUT2D eigenvalue weighted by Gasteiger charge is 2.28. The molecule has 0 bridgehead atoms. The van der Waals surface area contributed by atoms with Gasteiger partial charge in [-0.25, -0.2) is 14.2 Å². The summed E-state index contributed by atoms with van der Waals surface area (Å²) >= 11 is 0. The summed E-state index contributed by atoms with van der Waals surface area (Å²) in [6.45, 7) is 3.33. The number of nitrogens with one attached hydrogen (secondary N) is 1. The highest BCUT2D eigenvalue weighted by Crippen LogP contribution is 2.35. The molecule has 7 nitrogen and oxygen atoms in total. The van der Waals surface area contributed by atoms with E-state index in [9.17, 15) is 13.6 Å². The van der Waals surface area contributed by atoms with Gasteiger partial charge < -0.3 is 10.1 Å². The van der Waals surface area contributed by atoms with Gasteiger partial charge in [0.25, 0.3) is 0 Å². The Kier molecular flexibility index (Phi) is 6.65. The Morgan fingerprint density at radius 1 is 1.15 bits per heavy atom. The van der Waals surface area contributed by atoms with Crippen LogP contribution in [0.3, 0.4) is 0 Å². The quantitative estimate of drug-likeness (QED) is 0.369. The highest BCUT2D eigenvalue weighted by molar-refractivity contribution is 5.96. The van der Waals surface area contributed by atoms with E-state index < -0.39 is 11.8 Å². The van der Waals surface area contributed by atoms with Crippen LogP contribution in [0, 0.1) is 23.1 Å². The van der Waals surface area contributed by atoms with Crippen molar-refractivity contribution in [1.29, 1.82) is 5.26 Å². The Morgan fingerprint density at radius 2 is 2.00 bits per heavy atom. The minimum absolute atomic E-state index is 0.0287. The monoisotopic (exact) mass is 525 g/mol. The molecule has 0 unspecified atom stereocenters. The van der Waals surface area contributed by atoms with Crippen LogP contribution in [0.15, 0.2) is 54.7 Å². The van der Waals surface area contributed by atoms with Crippen LogP contribution < -0.4 is 5.32 Å². The maximum Gasteiger partial charge on any atom is 0.326 e. The smallest absolute Gasteiger partial charge is 0.326 e. The minimum Gasteiger partial charge on any atom is -0.372 e. The zero-order valence-corrected chi connectivity index (χ0v) is 21.1. The zero-order valence-electron chi connectivity index (χ0n) is 21.1. The Hall–Kier alpha value is -4.39. The average Bonchev–Trinajstić information content (AvgIpc) is 3.52. The van der Waals surface area contributed by atoms with Gasteiger partial charge in [0.1, 0.15) is 11.9 Å². The normalized spacial score (nSPS) is 14.9. The predicted octanol–water partition coefficient (Wildman–Crippen LogP) is 5.05. The Bertz CT molecular complexity index is 1670. The van der Waals surface area contributed by atoms with E-state index in [1.54, 1.807) is 16.7 Å². The van der Waals surface area contributed by atoms with Crippen LogP contribution in [0.4, 0.5) is 13.6 Å². The number of hydrogen-bond acceptors (Lipinski definition) is 5. The number of pyridine rings is 1. The lowest BCUT2D eigenvalue weighted by atomic mass is 10.0.